The molecule has 0 radical (unpaired) electrons. The van der Waals surface area contributed by atoms with E-state index >= 15 is 0 Å². The molecule has 0 saturated heterocycles. The zero-order chi connectivity index (χ0) is 17.5. The molecule has 0 amide bonds. The number of aryl methyl sites for hydroxylation is 4. The number of hydrogen-bond acceptors (Lipinski definition) is 3. The Morgan fingerprint density at radius 2 is 1.79 bits per heavy atom. The number of rotatable bonds is 6. The molecule has 1 heterocycles. The third kappa shape index (κ3) is 5.64. The van der Waals surface area contributed by atoms with Gasteiger partial charge in [0.25, 0.3) is 0 Å². The molecule has 0 bridgehead atoms. The number of aromatic nitrogens is 1. The fourth-order valence-corrected chi connectivity index (χ4v) is 3.61. The van der Waals surface area contributed by atoms with Crippen LogP contribution in [0.2, 0.25) is 0 Å². The van der Waals surface area contributed by atoms with Crippen LogP contribution in [0.5, 0.6) is 0 Å². The van der Waals surface area contributed by atoms with Crippen LogP contribution < -0.4 is 10.6 Å². The van der Waals surface area contributed by atoms with Crippen molar-refractivity contribution < 1.29 is 0 Å². The van der Waals surface area contributed by atoms with Gasteiger partial charge in [0.1, 0.15) is 0 Å². The van der Waals surface area contributed by atoms with E-state index in [1.54, 1.807) is 11.3 Å². The Bertz CT molecular complexity index is 683. The number of aliphatic imine (C=N–C) groups is 1. The molecule has 1 aromatic heterocycles. The van der Waals surface area contributed by atoms with Gasteiger partial charge in [0.05, 0.1) is 17.2 Å². The number of hydrogen-bond donors (Lipinski definition) is 2. The Kier molecular flexibility index (Phi) is 6.79. The highest BCUT2D eigenvalue weighted by atomic mass is 32.1. The van der Waals surface area contributed by atoms with Crippen molar-refractivity contribution in [1.82, 2.24) is 15.6 Å². The van der Waals surface area contributed by atoms with Gasteiger partial charge in [0.2, 0.25) is 0 Å². The lowest BCUT2D eigenvalue weighted by atomic mass is 10.1. The molecule has 24 heavy (non-hydrogen) atoms. The van der Waals surface area contributed by atoms with Gasteiger partial charge in [-0.15, -0.1) is 11.3 Å². The molecule has 4 nitrogen and oxygen atoms in total. The first-order valence-electron chi connectivity index (χ1n) is 8.50. The summed E-state index contributed by atoms with van der Waals surface area (Å²) in [6, 6.07) is 6.71. The molecule has 0 fully saturated rings. The van der Waals surface area contributed by atoms with Gasteiger partial charge in [-0.3, -0.25) is 0 Å². The minimum absolute atomic E-state index is 0.677. The van der Waals surface area contributed by atoms with Gasteiger partial charge >= 0.3 is 0 Å². The number of guanidine groups is 1. The molecular weight excluding hydrogens is 316 g/mol. The van der Waals surface area contributed by atoms with Crippen molar-refractivity contribution in [3.63, 3.8) is 0 Å². The van der Waals surface area contributed by atoms with Crippen molar-refractivity contribution in [3.8, 4) is 0 Å². The van der Waals surface area contributed by atoms with E-state index in [4.69, 9.17) is 0 Å². The number of thiazole rings is 1. The van der Waals surface area contributed by atoms with Gasteiger partial charge in [-0.2, -0.15) is 0 Å². The summed E-state index contributed by atoms with van der Waals surface area (Å²) >= 11 is 1.72. The van der Waals surface area contributed by atoms with E-state index in [9.17, 15) is 0 Å². The highest BCUT2D eigenvalue weighted by molar-refractivity contribution is 7.11. The molecular formula is C19H28N4S. The first-order valence-corrected chi connectivity index (χ1v) is 9.32. The molecule has 2 rings (SSSR count). The van der Waals surface area contributed by atoms with Gasteiger partial charge < -0.3 is 10.6 Å². The number of nitrogens with zero attached hydrogens (tertiary/aromatic N) is 2. The molecule has 5 heteroatoms. The topological polar surface area (TPSA) is 49.3 Å². The predicted octanol–water partition coefficient (Wildman–Crippen LogP) is 3.67. The third-order valence-electron chi connectivity index (χ3n) is 3.71. The highest BCUT2D eigenvalue weighted by Crippen LogP contribution is 2.17. The Morgan fingerprint density at radius 1 is 1.08 bits per heavy atom. The Morgan fingerprint density at radius 3 is 2.38 bits per heavy atom. The third-order valence-corrected chi connectivity index (χ3v) is 4.77. The van der Waals surface area contributed by atoms with Gasteiger partial charge in [0.15, 0.2) is 5.96 Å². The van der Waals surface area contributed by atoms with Crippen LogP contribution in [0, 0.1) is 27.7 Å². The summed E-state index contributed by atoms with van der Waals surface area (Å²) in [5.74, 6) is 0.868. The van der Waals surface area contributed by atoms with E-state index in [2.05, 4.69) is 66.5 Å². The van der Waals surface area contributed by atoms with E-state index < -0.39 is 0 Å². The largest absolute Gasteiger partial charge is 0.357 e. The van der Waals surface area contributed by atoms with E-state index in [1.165, 1.54) is 21.6 Å². The quantitative estimate of drug-likeness (QED) is 0.621. The second-order valence-corrected chi connectivity index (χ2v) is 7.40. The van der Waals surface area contributed by atoms with Gasteiger partial charge in [-0.25, -0.2) is 9.98 Å². The lowest BCUT2D eigenvalue weighted by Crippen LogP contribution is -2.38. The molecule has 0 aliphatic rings. The van der Waals surface area contributed by atoms with Crippen molar-refractivity contribution in [2.75, 3.05) is 13.1 Å². The second-order valence-electron chi connectivity index (χ2n) is 6.11. The minimum Gasteiger partial charge on any atom is -0.357 e. The van der Waals surface area contributed by atoms with Crippen LogP contribution in [-0.4, -0.2) is 24.0 Å². The summed E-state index contributed by atoms with van der Waals surface area (Å²) in [5, 5.41) is 7.84. The molecule has 2 N–H and O–H groups in total. The van der Waals surface area contributed by atoms with Crippen LogP contribution in [0.4, 0.5) is 0 Å². The number of nitrogens with one attached hydrogen (secondary N) is 2. The summed E-state index contributed by atoms with van der Waals surface area (Å²) in [4.78, 5) is 10.4. The van der Waals surface area contributed by atoms with E-state index in [0.29, 0.717) is 6.54 Å². The van der Waals surface area contributed by atoms with Crippen LogP contribution in [0.25, 0.3) is 0 Å². The Balaban J connectivity index is 1.92. The zero-order valence-electron chi connectivity index (χ0n) is 15.4. The summed E-state index contributed by atoms with van der Waals surface area (Å²) in [6.07, 6.45) is 0.992. The minimum atomic E-state index is 0.677. The summed E-state index contributed by atoms with van der Waals surface area (Å²) in [6.45, 7) is 12.9. The average Bonchev–Trinajstić information content (AvgIpc) is 2.81. The van der Waals surface area contributed by atoms with Crippen molar-refractivity contribution >= 4 is 17.3 Å². The van der Waals surface area contributed by atoms with Crippen molar-refractivity contribution in [2.45, 2.75) is 47.6 Å². The maximum Gasteiger partial charge on any atom is 0.191 e. The molecule has 1 aromatic carbocycles. The van der Waals surface area contributed by atoms with Crippen LogP contribution in [0.3, 0.4) is 0 Å². The van der Waals surface area contributed by atoms with Crippen molar-refractivity contribution in [3.05, 3.63) is 50.5 Å². The van der Waals surface area contributed by atoms with Crippen LogP contribution in [0.1, 0.15) is 39.2 Å². The normalized spacial score (nSPS) is 11.6. The highest BCUT2D eigenvalue weighted by Gasteiger charge is 2.05. The summed E-state index contributed by atoms with van der Waals surface area (Å²) < 4.78 is 0. The monoisotopic (exact) mass is 344 g/mol. The Labute approximate surface area is 149 Å². The molecule has 0 aliphatic heterocycles. The molecule has 0 aliphatic carbocycles. The first-order chi connectivity index (χ1) is 11.5. The first kappa shape index (κ1) is 18.5. The van der Waals surface area contributed by atoms with E-state index in [1.807, 2.05) is 6.92 Å². The standard InChI is InChI=1S/C19H28N4S/c1-6-20-19(22-12-18-15(4)23-16(5)24-18)21-8-7-17-10-13(2)9-14(3)11-17/h9-11H,6-8,12H2,1-5H3,(H2,20,21,22). The van der Waals surface area contributed by atoms with E-state index in [0.717, 1.165) is 36.2 Å². The SMILES string of the molecule is CCNC(=NCc1sc(C)nc1C)NCCc1cc(C)cc(C)c1. The Hall–Kier alpha value is -1.88. The van der Waals surface area contributed by atoms with Crippen molar-refractivity contribution in [1.29, 1.82) is 0 Å². The van der Waals surface area contributed by atoms with Crippen LogP contribution in [-0.2, 0) is 13.0 Å². The van der Waals surface area contributed by atoms with Crippen molar-refractivity contribution in [2.24, 2.45) is 4.99 Å². The van der Waals surface area contributed by atoms with Crippen LogP contribution in [0.15, 0.2) is 23.2 Å². The maximum atomic E-state index is 4.69. The molecule has 0 spiro atoms. The van der Waals surface area contributed by atoms with Gasteiger partial charge in [0, 0.05) is 18.0 Å². The summed E-state index contributed by atoms with van der Waals surface area (Å²) in [7, 11) is 0. The maximum absolute atomic E-state index is 4.69. The lowest BCUT2D eigenvalue weighted by molar-refractivity contribution is 0.799. The predicted molar refractivity (Wildman–Crippen MR) is 104 cm³/mol. The zero-order valence-corrected chi connectivity index (χ0v) is 16.2. The average molecular weight is 345 g/mol. The fraction of sp³-hybridized carbons (Fsp3) is 0.474. The van der Waals surface area contributed by atoms with Gasteiger partial charge in [-0.05, 0) is 46.6 Å². The van der Waals surface area contributed by atoms with Crippen LogP contribution >= 0.6 is 11.3 Å². The molecule has 0 saturated carbocycles. The molecule has 2 aromatic rings. The second kappa shape index (κ2) is 8.83. The fourth-order valence-electron chi connectivity index (χ4n) is 2.75. The van der Waals surface area contributed by atoms with Gasteiger partial charge in [-0.1, -0.05) is 29.3 Å². The number of benzene rings is 1. The van der Waals surface area contributed by atoms with E-state index in [-0.39, 0.29) is 0 Å². The molecule has 0 atom stereocenters. The lowest BCUT2D eigenvalue weighted by Gasteiger charge is -2.12. The molecule has 130 valence electrons. The summed E-state index contributed by atoms with van der Waals surface area (Å²) in [5.41, 5.74) is 5.10. The molecule has 0 unspecified atom stereocenters. The smallest absolute Gasteiger partial charge is 0.191 e.